The lowest BCUT2D eigenvalue weighted by Crippen LogP contribution is -2.41. The smallest absolute Gasteiger partial charge is 0.306 e. The first-order valence-corrected chi connectivity index (χ1v) is 11.2. The van der Waals surface area contributed by atoms with Crippen molar-refractivity contribution in [1.29, 1.82) is 5.26 Å². The van der Waals surface area contributed by atoms with Crippen LogP contribution in [0.5, 0.6) is 0 Å². The van der Waals surface area contributed by atoms with Crippen molar-refractivity contribution in [3.8, 4) is 6.07 Å². The molecule has 2 heterocycles. The van der Waals surface area contributed by atoms with E-state index in [2.05, 4.69) is 5.32 Å². The molecule has 1 aromatic heterocycles. The number of para-hydroxylation sites is 1. The summed E-state index contributed by atoms with van der Waals surface area (Å²) in [4.78, 5) is 51.4. The van der Waals surface area contributed by atoms with Crippen LogP contribution in [0.25, 0.3) is 21.7 Å². The van der Waals surface area contributed by atoms with Gasteiger partial charge < -0.3 is 14.5 Å². The summed E-state index contributed by atoms with van der Waals surface area (Å²) in [6, 6.07) is 19.3. The second-order valence-electron chi connectivity index (χ2n) is 8.20. The van der Waals surface area contributed by atoms with Crippen LogP contribution in [-0.2, 0) is 14.3 Å². The van der Waals surface area contributed by atoms with E-state index in [1.165, 1.54) is 0 Å². The minimum atomic E-state index is -0.651. The van der Waals surface area contributed by atoms with E-state index in [-0.39, 0.29) is 30.8 Å². The molecule has 178 valence electrons. The molecule has 0 saturated carbocycles. The predicted octanol–water partition coefficient (Wildman–Crippen LogP) is 4.02. The number of rotatable bonds is 7. The number of furan rings is 1. The number of ether oxygens (including phenoxy) is 1. The maximum atomic E-state index is 12.9. The van der Waals surface area contributed by atoms with Gasteiger partial charge in [0.15, 0.2) is 6.61 Å². The van der Waals surface area contributed by atoms with Crippen molar-refractivity contribution >= 4 is 51.1 Å². The van der Waals surface area contributed by atoms with Gasteiger partial charge in [-0.1, -0.05) is 36.4 Å². The van der Waals surface area contributed by atoms with E-state index in [9.17, 15) is 24.4 Å². The van der Waals surface area contributed by atoms with Gasteiger partial charge in [0, 0.05) is 34.9 Å². The van der Waals surface area contributed by atoms with Crippen molar-refractivity contribution in [3.63, 3.8) is 0 Å². The highest BCUT2D eigenvalue weighted by atomic mass is 16.5. The van der Waals surface area contributed by atoms with Crippen LogP contribution in [-0.4, -0.2) is 41.7 Å². The first-order chi connectivity index (χ1) is 17.5. The highest BCUT2D eigenvalue weighted by Crippen LogP contribution is 2.31. The van der Waals surface area contributed by atoms with Crippen LogP contribution in [0, 0.1) is 11.3 Å². The predicted molar refractivity (Wildman–Crippen MR) is 129 cm³/mol. The molecule has 9 heteroatoms. The Kier molecular flexibility index (Phi) is 5.92. The van der Waals surface area contributed by atoms with Crippen LogP contribution < -0.4 is 5.32 Å². The minimum absolute atomic E-state index is 0.0379. The van der Waals surface area contributed by atoms with Gasteiger partial charge >= 0.3 is 5.97 Å². The highest BCUT2D eigenvalue weighted by molar-refractivity contribution is 6.25. The lowest BCUT2D eigenvalue weighted by Gasteiger charge is -2.27. The molecule has 0 spiro atoms. The summed E-state index contributed by atoms with van der Waals surface area (Å²) < 4.78 is 10.4. The molecule has 1 aliphatic rings. The number of carbonyl (C=O) groups is 4. The minimum Gasteiger partial charge on any atom is -0.456 e. The molecule has 0 radical (unpaired) electrons. The second-order valence-corrected chi connectivity index (χ2v) is 8.20. The van der Waals surface area contributed by atoms with Crippen molar-refractivity contribution in [2.24, 2.45) is 0 Å². The molecule has 4 aromatic rings. The van der Waals surface area contributed by atoms with E-state index in [0.29, 0.717) is 27.5 Å². The van der Waals surface area contributed by atoms with Gasteiger partial charge in [-0.05, 0) is 36.1 Å². The molecule has 36 heavy (non-hydrogen) atoms. The molecule has 5 rings (SSSR count). The Bertz CT molecular complexity index is 1550. The molecule has 0 aliphatic carbocycles. The van der Waals surface area contributed by atoms with Crippen molar-refractivity contribution < 1.29 is 28.3 Å². The Morgan fingerprint density at radius 2 is 1.67 bits per heavy atom. The van der Waals surface area contributed by atoms with Crippen molar-refractivity contribution in [3.05, 3.63) is 77.6 Å². The van der Waals surface area contributed by atoms with Crippen molar-refractivity contribution in [2.75, 3.05) is 18.5 Å². The van der Waals surface area contributed by atoms with Crippen LogP contribution in [0.15, 0.2) is 65.1 Å². The van der Waals surface area contributed by atoms with Gasteiger partial charge in [0.2, 0.25) is 5.76 Å². The number of anilines is 1. The number of carbonyl (C=O) groups excluding carboxylic acids is 4. The zero-order valence-corrected chi connectivity index (χ0v) is 18.9. The molecule has 3 amide bonds. The molecule has 0 unspecified atom stereocenters. The van der Waals surface area contributed by atoms with E-state index in [0.717, 1.165) is 10.3 Å². The summed E-state index contributed by atoms with van der Waals surface area (Å²) in [6.45, 7) is -0.517. The lowest BCUT2D eigenvalue weighted by molar-refractivity contribution is -0.147. The summed E-state index contributed by atoms with van der Waals surface area (Å²) in [5, 5.41) is 13.8. The number of hydrogen-bond donors (Lipinski definition) is 1. The third-order valence-electron chi connectivity index (χ3n) is 5.94. The van der Waals surface area contributed by atoms with Crippen LogP contribution >= 0.6 is 0 Å². The third-order valence-corrected chi connectivity index (χ3v) is 5.94. The van der Waals surface area contributed by atoms with E-state index < -0.39 is 30.3 Å². The summed E-state index contributed by atoms with van der Waals surface area (Å²) in [7, 11) is 0. The monoisotopic (exact) mass is 481 g/mol. The number of fused-ring (bicyclic) bond motifs is 1. The number of nitriles is 1. The third kappa shape index (κ3) is 4.05. The average Bonchev–Trinajstić information content (AvgIpc) is 3.25. The van der Waals surface area contributed by atoms with E-state index in [1.807, 2.05) is 18.2 Å². The number of esters is 1. The van der Waals surface area contributed by atoms with Crippen molar-refractivity contribution in [1.82, 2.24) is 4.90 Å². The lowest BCUT2D eigenvalue weighted by atomic mass is 9.94. The number of benzene rings is 3. The Labute approximate surface area is 204 Å². The topological polar surface area (TPSA) is 130 Å². The molecular weight excluding hydrogens is 462 g/mol. The van der Waals surface area contributed by atoms with Crippen LogP contribution in [0.2, 0.25) is 0 Å². The van der Waals surface area contributed by atoms with Gasteiger partial charge in [-0.25, -0.2) is 0 Å². The maximum Gasteiger partial charge on any atom is 0.306 e. The zero-order valence-electron chi connectivity index (χ0n) is 18.9. The summed E-state index contributed by atoms with van der Waals surface area (Å²) in [6.07, 6.45) is 0.0926. The summed E-state index contributed by atoms with van der Waals surface area (Å²) in [5.74, 6) is -2.14. The first kappa shape index (κ1) is 22.8. The fourth-order valence-electron chi connectivity index (χ4n) is 4.31. The molecule has 0 atom stereocenters. The standard InChI is InChI=1S/C27H19N3O6/c28-14-21-25(17-8-1-2-11-20(17)36-21)29-22(31)15-35-23(32)12-5-13-30-26(33)18-9-3-6-16-7-4-10-19(24(16)18)27(30)34/h1-4,6-11H,5,12-13,15H2,(H,29,31). The van der Waals surface area contributed by atoms with Crippen molar-refractivity contribution in [2.45, 2.75) is 12.8 Å². The molecule has 0 fully saturated rings. The largest absolute Gasteiger partial charge is 0.456 e. The van der Waals surface area contributed by atoms with Gasteiger partial charge in [-0.2, -0.15) is 5.26 Å². The molecule has 0 bridgehead atoms. The Morgan fingerprint density at radius 1 is 0.972 bits per heavy atom. The van der Waals surface area contributed by atoms with Crippen LogP contribution in [0.3, 0.4) is 0 Å². The Balaban J connectivity index is 1.15. The SMILES string of the molecule is N#Cc1oc2ccccc2c1NC(=O)COC(=O)CCCN1C(=O)c2cccc3cccc(c23)C1=O. The molecular formula is C27H19N3O6. The summed E-state index contributed by atoms with van der Waals surface area (Å²) >= 11 is 0. The van der Waals surface area contributed by atoms with E-state index >= 15 is 0 Å². The fraction of sp³-hybridized carbons (Fsp3) is 0.148. The van der Waals surface area contributed by atoms with E-state index in [1.54, 1.807) is 48.5 Å². The Hall–Kier alpha value is -4.97. The van der Waals surface area contributed by atoms with Crippen LogP contribution in [0.1, 0.15) is 39.3 Å². The fourth-order valence-corrected chi connectivity index (χ4v) is 4.31. The average molecular weight is 481 g/mol. The van der Waals surface area contributed by atoms with Gasteiger partial charge in [-0.15, -0.1) is 0 Å². The molecule has 3 aromatic carbocycles. The van der Waals surface area contributed by atoms with E-state index in [4.69, 9.17) is 9.15 Å². The van der Waals surface area contributed by atoms with Gasteiger partial charge in [0.1, 0.15) is 17.3 Å². The summed E-state index contributed by atoms with van der Waals surface area (Å²) in [5.41, 5.74) is 1.56. The number of amides is 3. The number of nitrogens with zero attached hydrogens (tertiary/aromatic N) is 2. The zero-order chi connectivity index (χ0) is 25.2. The molecule has 1 N–H and O–H groups in total. The number of nitrogens with one attached hydrogen (secondary N) is 1. The Morgan fingerprint density at radius 3 is 2.36 bits per heavy atom. The number of imide groups is 1. The highest BCUT2D eigenvalue weighted by Gasteiger charge is 2.32. The van der Waals surface area contributed by atoms with Gasteiger partial charge in [-0.3, -0.25) is 24.1 Å². The first-order valence-electron chi connectivity index (χ1n) is 11.2. The quantitative estimate of drug-likeness (QED) is 0.312. The molecule has 1 aliphatic heterocycles. The van der Waals surface area contributed by atoms with Crippen LogP contribution in [0.4, 0.5) is 5.69 Å². The van der Waals surface area contributed by atoms with Gasteiger partial charge in [0.05, 0.1) is 0 Å². The number of hydrogen-bond acceptors (Lipinski definition) is 7. The maximum absolute atomic E-state index is 12.9. The molecule has 0 saturated heterocycles. The van der Waals surface area contributed by atoms with Gasteiger partial charge in [0.25, 0.3) is 17.7 Å². The normalized spacial score (nSPS) is 12.6. The second kappa shape index (κ2) is 9.35. The molecule has 9 nitrogen and oxygen atoms in total.